The zero-order valence-corrected chi connectivity index (χ0v) is 11.5. The fourth-order valence-corrected chi connectivity index (χ4v) is 1.75. The highest BCUT2D eigenvalue weighted by Crippen LogP contribution is 2.16. The lowest BCUT2D eigenvalue weighted by atomic mass is 10.2. The van der Waals surface area contributed by atoms with Crippen LogP contribution in [0.25, 0.3) is 0 Å². The molecule has 0 spiro atoms. The summed E-state index contributed by atoms with van der Waals surface area (Å²) in [5.41, 5.74) is 6.94. The molecule has 1 amide bonds. The van der Waals surface area contributed by atoms with E-state index < -0.39 is 0 Å². The molecule has 0 radical (unpaired) electrons. The highest BCUT2D eigenvalue weighted by Gasteiger charge is 2.14. The van der Waals surface area contributed by atoms with Crippen molar-refractivity contribution in [1.29, 1.82) is 0 Å². The Morgan fingerprint density at radius 2 is 2.05 bits per heavy atom. The molecule has 4 nitrogen and oxygen atoms in total. The van der Waals surface area contributed by atoms with Crippen LogP contribution in [0.15, 0.2) is 42.7 Å². The summed E-state index contributed by atoms with van der Waals surface area (Å²) in [7, 11) is 1.62. The minimum atomic E-state index is -0.347. The minimum Gasteiger partial charge on any atom is -0.320 e. The van der Waals surface area contributed by atoms with Crippen LogP contribution < -0.4 is 10.6 Å². The molecule has 0 unspecified atom stereocenters. The summed E-state index contributed by atoms with van der Waals surface area (Å²) in [6, 6.07) is 7.34. The van der Waals surface area contributed by atoms with Crippen molar-refractivity contribution in [1.82, 2.24) is 4.98 Å². The van der Waals surface area contributed by atoms with Crippen molar-refractivity contribution in [2.45, 2.75) is 0 Å². The third-order valence-electron chi connectivity index (χ3n) is 2.84. The van der Waals surface area contributed by atoms with Crippen molar-refractivity contribution in [3.8, 4) is 11.8 Å². The normalized spacial score (nSPS) is 9.67. The average molecular weight is 283 g/mol. The topological polar surface area (TPSA) is 59.2 Å². The lowest BCUT2D eigenvalue weighted by Crippen LogP contribution is -2.26. The molecule has 2 aromatic rings. The highest BCUT2D eigenvalue weighted by atomic mass is 19.1. The average Bonchev–Trinajstić information content (AvgIpc) is 2.52. The van der Waals surface area contributed by atoms with Crippen LogP contribution in [0.1, 0.15) is 15.9 Å². The van der Waals surface area contributed by atoms with Gasteiger partial charge in [-0.25, -0.2) is 4.39 Å². The smallest absolute Gasteiger partial charge is 0.259 e. The van der Waals surface area contributed by atoms with Crippen LogP contribution in [0.5, 0.6) is 0 Å². The standard InChI is InChI=1S/C16H14FN3O/c1-20(15-6-4-14(17)5-7-15)16(21)13-9-12(3-2-8-18)10-19-11-13/h4-7,9-11H,8,18H2,1H3. The first-order valence-corrected chi connectivity index (χ1v) is 6.29. The van der Waals surface area contributed by atoms with Gasteiger partial charge >= 0.3 is 0 Å². The van der Waals surface area contributed by atoms with Crippen molar-refractivity contribution < 1.29 is 9.18 Å². The summed E-state index contributed by atoms with van der Waals surface area (Å²) in [6.07, 6.45) is 3.04. The van der Waals surface area contributed by atoms with E-state index in [0.29, 0.717) is 16.8 Å². The molecule has 0 saturated carbocycles. The Balaban J connectivity index is 2.25. The first-order chi connectivity index (χ1) is 10.1. The molecular formula is C16H14FN3O. The molecule has 0 saturated heterocycles. The maximum atomic E-state index is 12.9. The van der Waals surface area contributed by atoms with Gasteiger partial charge in [-0.05, 0) is 30.3 Å². The lowest BCUT2D eigenvalue weighted by molar-refractivity contribution is 0.0992. The third kappa shape index (κ3) is 3.65. The van der Waals surface area contributed by atoms with Crippen LogP contribution in [0.3, 0.4) is 0 Å². The number of hydrogen-bond donors (Lipinski definition) is 1. The number of aromatic nitrogens is 1. The summed E-state index contributed by atoms with van der Waals surface area (Å²) < 4.78 is 12.9. The monoisotopic (exact) mass is 283 g/mol. The predicted molar refractivity (Wildman–Crippen MR) is 79.3 cm³/mol. The summed E-state index contributed by atoms with van der Waals surface area (Å²) in [6.45, 7) is 0.244. The number of pyridine rings is 1. The van der Waals surface area contributed by atoms with Gasteiger partial charge < -0.3 is 10.6 Å². The van der Waals surface area contributed by atoms with Gasteiger partial charge in [-0.15, -0.1) is 0 Å². The fraction of sp³-hybridized carbons (Fsp3) is 0.125. The number of nitrogens with two attached hydrogens (primary N) is 1. The van der Waals surface area contributed by atoms with Crippen molar-refractivity contribution in [3.05, 3.63) is 59.7 Å². The molecule has 0 fully saturated rings. The number of anilines is 1. The van der Waals surface area contributed by atoms with Crippen LogP contribution in [0, 0.1) is 17.7 Å². The van der Waals surface area contributed by atoms with E-state index in [2.05, 4.69) is 16.8 Å². The molecule has 1 heterocycles. The molecule has 0 aliphatic heterocycles. The number of nitrogens with zero attached hydrogens (tertiary/aromatic N) is 2. The van der Waals surface area contributed by atoms with E-state index in [9.17, 15) is 9.18 Å². The van der Waals surface area contributed by atoms with Gasteiger partial charge in [0.25, 0.3) is 5.91 Å². The second kappa shape index (κ2) is 6.64. The van der Waals surface area contributed by atoms with Crippen molar-refractivity contribution in [3.63, 3.8) is 0 Å². The van der Waals surface area contributed by atoms with Gasteiger partial charge in [-0.3, -0.25) is 9.78 Å². The fourth-order valence-electron chi connectivity index (χ4n) is 1.75. The quantitative estimate of drug-likeness (QED) is 0.855. The number of rotatable bonds is 2. The maximum Gasteiger partial charge on any atom is 0.259 e. The van der Waals surface area contributed by atoms with E-state index in [0.717, 1.165) is 0 Å². The van der Waals surface area contributed by atoms with Crippen LogP contribution in [-0.2, 0) is 0 Å². The van der Waals surface area contributed by atoms with Crippen LogP contribution in [0.2, 0.25) is 0 Å². The summed E-state index contributed by atoms with van der Waals surface area (Å²) in [5.74, 6) is 4.95. The molecule has 0 aliphatic rings. The Morgan fingerprint density at radius 3 is 2.71 bits per heavy atom. The maximum absolute atomic E-state index is 12.9. The molecule has 1 aromatic heterocycles. The molecule has 2 rings (SSSR count). The molecule has 21 heavy (non-hydrogen) atoms. The van der Waals surface area contributed by atoms with Crippen molar-refractivity contribution >= 4 is 11.6 Å². The third-order valence-corrected chi connectivity index (χ3v) is 2.84. The van der Waals surface area contributed by atoms with Crippen LogP contribution >= 0.6 is 0 Å². The zero-order valence-electron chi connectivity index (χ0n) is 11.5. The first-order valence-electron chi connectivity index (χ1n) is 6.29. The Kier molecular flexibility index (Phi) is 4.64. The molecule has 5 heteroatoms. The lowest BCUT2D eigenvalue weighted by Gasteiger charge is -2.17. The van der Waals surface area contributed by atoms with Gasteiger partial charge in [0, 0.05) is 30.7 Å². The molecule has 0 aliphatic carbocycles. The number of amides is 1. The molecule has 0 bridgehead atoms. The number of carbonyl (C=O) groups is 1. The number of hydrogen-bond acceptors (Lipinski definition) is 3. The molecule has 2 N–H and O–H groups in total. The predicted octanol–water partition coefficient (Wildman–Crippen LogP) is 1.81. The van der Waals surface area contributed by atoms with Gasteiger partial charge in [0.05, 0.1) is 12.1 Å². The molecule has 106 valence electrons. The van der Waals surface area contributed by atoms with Gasteiger partial charge in [-0.2, -0.15) is 0 Å². The van der Waals surface area contributed by atoms with E-state index in [1.165, 1.54) is 23.2 Å². The van der Waals surface area contributed by atoms with Gasteiger partial charge in [0.2, 0.25) is 0 Å². The Labute approximate surface area is 122 Å². The number of benzene rings is 1. The zero-order chi connectivity index (χ0) is 15.2. The summed E-state index contributed by atoms with van der Waals surface area (Å²) in [4.78, 5) is 17.8. The molecule has 1 aromatic carbocycles. The molecule has 0 atom stereocenters. The first kappa shape index (κ1) is 14.7. The SMILES string of the molecule is CN(C(=O)c1cncc(C#CCN)c1)c1ccc(F)cc1. The second-order valence-electron chi connectivity index (χ2n) is 4.31. The van der Waals surface area contributed by atoms with Crippen LogP contribution in [-0.4, -0.2) is 24.5 Å². The second-order valence-corrected chi connectivity index (χ2v) is 4.31. The van der Waals surface area contributed by atoms with Crippen molar-refractivity contribution in [2.75, 3.05) is 18.5 Å². The van der Waals surface area contributed by atoms with Gasteiger partial charge in [0.1, 0.15) is 5.82 Å². The summed E-state index contributed by atoms with van der Waals surface area (Å²) in [5, 5.41) is 0. The largest absolute Gasteiger partial charge is 0.320 e. The van der Waals surface area contributed by atoms with E-state index in [1.807, 2.05) is 0 Å². The minimum absolute atomic E-state index is 0.244. The van der Waals surface area contributed by atoms with E-state index >= 15 is 0 Å². The van der Waals surface area contributed by atoms with Crippen LogP contribution in [0.4, 0.5) is 10.1 Å². The Morgan fingerprint density at radius 1 is 1.33 bits per heavy atom. The highest BCUT2D eigenvalue weighted by molar-refractivity contribution is 6.05. The van der Waals surface area contributed by atoms with E-state index in [1.54, 1.807) is 31.4 Å². The summed E-state index contributed by atoms with van der Waals surface area (Å²) >= 11 is 0. The van der Waals surface area contributed by atoms with E-state index in [-0.39, 0.29) is 18.3 Å². The number of halogens is 1. The van der Waals surface area contributed by atoms with Crippen molar-refractivity contribution in [2.24, 2.45) is 5.73 Å². The van der Waals surface area contributed by atoms with E-state index in [4.69, 9.17) is 5.73 Å². The molecular weight excluding hydrogens is 269 g/mol. The Hall–Kier alpha value is -2.71. The van der Waals surface area contributed by atoms with Gasteiger partial charge in [-0.1, -0.05) is 11.8 Å². The Bertz CT molecular complexity index is 701. The van der Waals surface area contributed by atoms with Gasteiger partial charge in [0.15, 0.2) is 0 Å². The number of carbonyl (C=O) groups excluding carboxylic acids is 1.